The van der Waals surface area contributed by atoms with Crippen molar-refractivity contribution in [3.63, 3.8) is 0 Å². The summed E-state index contributed by atoms with van der Waals surface area (Å²) in [7, 11) is 0. The Kier molecular flexibility index (Phi) is 6.00. The van der Waals surface area contributed by atoms with Crippen molar-refractivity contribution in [2.45, 2.75) is 52.1 Å². The molecule has 1 aliphatic heterocycles. The standard InChI is InChI=1S/C22H28N2O2S/c1-5-15(4)23-21(25)19-16-9-6-7-10-17(16)22(26)24(13-14(2)3)20(19)18-11-8-12-27-18/h6-12,14-15,19-20H,5,13H2,1-4H3,(H,23,25)/t15-,19-,20+/m0/s1. The summed E-state index contributed by atoms with van der Waals surface area (Å²) in [5.41, 5.74) is 1.48. The molecule has 2 aromatic rings. The quantitative estimate of drug-likeness (QED) is 0.791. The largest absolute Gasteiger partial charge is 0.353 e. The lowest BCUT2D eigenvalue weighted by molar-refractivity contribution is -0.124. The van der Waals surface area contributed by atoms with E-state index in [1.54, 1.807) is 11.3 Å². The smallest absolute Gasteiger partial charge is 0.254 e. The Morgan fingerprint density at radius 2 is 1.93 bits per heavy atom. The fourth-order valence-electron chi connectivity index (χ4n) is 3.68. The van der Waals surface area contributed by atoms with Crippen LogP contribution in [0.5, 0.6) is 0 Å². The third-order valence-electron chi connectivity index (χ3n) is 5.12. The highest BCUT2D eigenvalue weighted by atomic mass is 32.1. The summed E-state index contributed by atoms with van der Waals surface area (Å²) in [5.74, 6) is -0.0630. The van der Waals surface area contributed by atoms with Crippen LogP contribution in [0.25, 0.3) is 0 Å². The minimum Gasteiger partial charge on any atom is -0.353 e. The minimum absolute atomic E-state index is 0.00328. The van der Waals surface area contributed by atoms with Gasteiger partial charge in [0.25, 0.3) is 5.91 Å². The predicted octanol–water partition coefficient (Wildman–Crippen LogP) is 4.60. The first kappa shape index (κ1) is 19.6. The van der Waals surface area contributed by atoms with Gasteiger partial charge in [-0.25, -0.2) is 0 Å². The fraction of sp³-hybridized carbons (Fsp3) is 0.455. The van der Waals surface area contributed by atoms with Crippen LogP contribution >= 0.6 is 11.3 Å². The molecule has 3 atom stereocenters. The van der Waals surface area contributed by atoms with Crippen molar-refractivity contribution in [1.29, 1.82) is 0 Å². The lowest BCUT2D eigenvalue weighted by atomic mass is 9.81. The Morgan fingerprint density at radius 1 is 1.19 bits per heavy atom. The highest BCUT2D eigenvalue weighted by Crippen LogP contribution is 2.44. The van der Waals surface area contributed by atoms with E-state index in [-0.39, 0.29) is 23.9 Å². The number of carbonyl (C=O) groups excluding carboxylic acids is 2. The number of amides is 2. The first-order valence-electron chi connectivity index (χ1n) is 9.67. The zero-order chi connectivity index (χ0) is 19.6. The first-order chi connectivity index (χ1) is 12.9. The summed E-state index contributed by atoms with van der Waals surface area (Å²) in [6.07, 6.45) is 0.873. The molecule has 0 bridgehead atoms. The predicted molar refractivity (Wildman–Crippen MR) is 110 cm³/mol. The van der Waals surface area contributed by atoms with Crippen LogP contribution in [-0.4, -0.2) is 29.3 Å². The van der Waals surface area contributed by atoms with E-state index in [1.807, 2.05) is 53.6 Å². The van der Waals surface area contributed by atoms with E-state index in [0.717, 1.165) is 16.9 Å². The number of fused-ring (bicyclic) bond motifs is 1. The second kappa shape index (κ2) is 8.26. The summed E-state index contributed by atoms with van der Waals surface area (Å²) >= 11 is 1.61. The summed E-state index contributed by atoms with van der Waals surface area (Å²) < 4.78 is 0. The van der Waals surface area contributed by atoms with E-state index >= 15 is 0 Å². The molecule has 1 N–H and O–H groups in total. The molecule has 1 aromatic heterocycles. The molecule has 0 spiro atoms. The van der Waals surface area contributed by atoms with Crippen molar-refractivity contribution >= 4 is 23.2 Å². The molecule has 144 valence electrons. The SMILES string of the molecule is CC[C@H](C)NC(=O)[C@H]1c2ccccc2C(=O)N(CC(C)C)[C@@H]1c1cccs1. The van der Waals surface area contributed by atoms with Crippen molar-refractivity contribution in [2.75, 3.05) is 6.54 Å². The second-order valence-corrected chi connectivity index (χ2v) is 8.67. The van der Waals surface area contributed by atoms with Crippen LogP contribution in [0.4, 0.5) is 0 Å². The van der Waals surface area contributed by atoms with Crippen molar-refractivity contribution in [2.24, 2.45) is 5.92 Å². The summed E-state index contributed by atoms with van der Waals surface area (Å²) in [4.78, 5) is 29.6. The molecule has 2 heterocycles. The first-order valence-corrected chi connectivity index (χ1v) is 10.6. The molecule has 27 heavy (non-hydrogen) atoms. The van der Waals surface area contributed by atoms with E-state index in [9.17, 15) is 9.59 Å². The highest BCUT2D eigenvalue weighted by Gasteiger charge is 2.44. The average molecular weight is 385 g/mol. The number of thiophene rings is 1. The number of benzene rings is 1. The van der Waals surface area contributed by atoms with Crippen molar-refractivity contribution in [3.8, 4) is 0 Å². The van der Waals surface area contributed by atoms with Gasteiger partial charge in [0.2, 0.25) is 5.91 Å². The lowest BCUT2D eigenvalue weighted by Gasteiger charge is -2.42. The lowest BCUT2D eigenvalue weighted by Crippen LogP contribution is -2.49. The van der Waals surface area contributed by atoms with Crippen LogP contribution in [0.2, 0.25) is 0 Å². The van der Waals surface area contributed by atoms with Gasteiger partial charge in [-0.15, -0.1) is 11.3 Å². The molecule has 0 saturated heterocycles. The zero-order valence-electron chi connectivity index (χ0n) is 16.4. The number of nitrogens with zero attached hydrogens (tertiary/aromatic N) is 1. The van der Waals surface area contributed by atoms with E-state index in [4.69, 9.17) is 0 Å². The van der Waals surface area contributed by atoms with E-state index in [0.29, 0.717) is 18.0 Å². The Balaban J connectivity index is 2.13. The van der Waals surface area contributed by atoms with Gasteiger partial charge in [-0.05, 0) is 42.3 Å². The van der Waals surface area contributed by atoms with Gasteiger partial charge in [-0.1, -0.05) is 45.0 Å². The molecule has 0 fully saturated rings. The third-order valence-corrected chi connectivity index (χ3v) is 6.06. The molecular formula is C22H28N2O2S. The molecule has 0 radical (unpaired) electrons. The van der Waals surface area contributed by atoms with Crippen LogP contribution in [0.1, 0.15) is 66.9 Å². The zero-order valence-corrected chi connectivity index (χ0v) is 17.3. The topological polar surface area (TPSA) is 49.4 Å². The summed E-state index contributed by atoms with van der Waals surface area (Å²) in [5, 5.41) is 5.16. The van der Waals surface area contributed by atoms with Gasteiger partial charge in [0.05, 0.1) is 12.0 Å². The van der Waals surface area contributed by atoms with Gasteiger partial charge in [-0.3, -0.25) is 9.59 Å². The summed E-state index contributed by atoms with van der Waals surface area (Å²) in [6.45, 7) is 8.92. The summed E-state index contributed by atoms with van der Waals surface area (Å²) in [6, 6.07) is 11.4. The minimum atomic E-state index is -0.398. The molecule has 1 aromatic carbocycles. The normalized spacial score (nSPS) is 20.5. The molecule has 0 unspecified atom stereocenters. The van der Waals surface area contributed by atoms with Crippen LogP contribution in [0.15, 0.2) is 41.8 Å². The molecule has 5 heteroatoms. The number of carbonyl (C=O) groups is 2. The van der Waals surface area contributed by atoms with E-state index in [2.05, 4.69) is 26.1 Å². The van der Waals surface area contributed by atoms with Gasteiger partial charge in [0, 0.05) is 23.0 Å². The molecular weight excluding hydrogens is 356 g/mol. The monoisotopic (exact) mass is 384 g/mol. The van der Waals surface area contributed by atoms with E-state index in [1.165, 1.54) is 0 Å². The molecule has 4 nitrogen and oxygen atoms in total. The molecule has 0 saturated carbocycles. The Hall–Kier alpha value is -2.14. The Labute approximate surface area is 165 Å². The van der Waals surface area contributed by atoms with Gasteiger partial charge < -0.3 is 10.2 Å². The number of hydrogen-bond acceptors (Lipinski definition) is 3. The fourth-order valence-corrected chi connectivity index (χ4v) is 4.55. The van der Waals surface area contributed by atoms with Crippen LogP contribution in [-0.2, 0) is 4.79 Å². The van der Waals surface area contributed by atoms with Gasteiger partial charge >= 0.3 is 0 Å². The van der Waals surface area contributed by atoms with Crippen molar-refractivity contribution < 1.29 is 9.59 Å². The Bertz CT molecular complexity index is 800. The molecule has 3 rings (SSSR count). The van der Waals surface area contributed by atoms with Crippen LogP contribution in [0.3, 0.4) is 0 Å². The Morgan fingerprint density at radius 3 is 2.56 bits per heavy atom. The maximum absolute atomic E-state index is 13.3. The van der Waals surface area contributed by atoms with Gasteiger partial charge in [-0.2, -0.15) is 0 Å². The van der Waals surface area contributed by atoms with E-state index < -0.39 is 5.92 Å². The van der Waals surface area contributed by atoms with Crippen LogP contribution in [0, 0.1) is 5.92 Å². The number of hydrogen-bond donors (Lipinski definition) is 1. The maximum atomic E-state index is 13.3. The molecule has 2 amide bonds. The number of nitrogens with one attached hydrogen (secondary N) is 1. The highest BCUT2D eigenvalue weighted by molar-refractivity contribution is 7.10. The maximum Gasteiger partial charge on any atom is 0.254 e. The van der Waals surface area contributed by atoms with Gasteiger partial charge in [0.1, 0.15) is 0 Å². The molecule has 0 aliphatic carbocycles. The molecule has 1 aliphatic rings. The average Bonchev–Trinajstić information content (AvgIpc) is 3.17. The van der Waals surface area contributed by atoms with Crippen molar-refractivity contribution in [1.82, 2.24) is 10.2 Å². The third kappa shape index (κ3) is 3.93. The van der Waals surface area contributed by atoms with Gasteiger partial charge in [0.15, 0.2) is 0 Å². The second-order valence-electron chi connectivity index (χ2n) is 7.69. The van der Waals surface area contributed by atoms with Crippen LogP contribution < -0.4 is 5.32 Å². The number of rotatable bonds is 6. The van der Waals surface area contributed by atoms with Crippen molar-refractivity contribution in [3.05, 3.63) is 57.8 Å².